The maximum atomic E-state index is 13.0. The summed E-state index contributed by atoms with van der Waals surface area (Å²) in [5.41, 5.74) is 4.62. The lowest BCUT2D eigenvalue weighted by Crippen LogP contribution is -2.50. The van der Waals surface area contributed by atoms with Gasteiger partial charge in [-0.1, -0.05) is 30.3 Å². The molecule has 37 heavy (non-hydrogen) atoms. The summed E-state index contributed by atoms with van der Waals surface area (Å²) in [7, 11) is 0.305. The van der Waals surface area contributed by atoms with E-state index in [0.717, 1.165) is 41.4 Å². The van der Waals surface area contributed by atoms with Gasteiger partial charge in [0.25, 0.3) is 0 Å². The third-order valence-electron chi connectivity index (χ3n) is 7.24. The van der Waals surface area contributed by atoms with Crippen LogP contribution in [0.15, 0.2) is 77.7 Å². The third kappa shape index (κ3) is 5.07. The number of benzene rings is 3. The summed E-state index contributed by atoms with van der Waals surface area (Å²) in [4.78, 5) is 19.2. The van der Waals surface area contributed by atoms with Crippen molar-refractivity contribution in [3.8, 4) is 0 Å². The second-order valence-electron chi connectivity index (χ2n) is 9.75. The lowest BCUT2D eigenvalue weighted by atomic mass is 10.0. The molecule has 0 bridgehead atoms. The number of likely N-dealkylation sites (N-methyl/N-ethyl adjacent to an activating group) is 2. The average Bonchev–Trinajstić information content (AvgIpc) is 2.91. The van der Waals surface area contributed by atoms with Crippen LogP contribution in [-0.2, 0) is 21.4 Å². The predicted molar refractivity (Wildman–Crippen MR) is 148 cm³/mol. The molecule has 3 aromatic rings. The summed E-state index contributed by atoms with van der Waals surface area (Å²) in [6, 6.07) is 22.7. The smallest absolute Gasteiger partial charge is 0.249 e. The van der Waals surface area contributed by atoms with Gasteiger partial charge in [0.15, 0.2) is 0 Å². The molecule has 194 valence electrons. The van der Waals surface area contributed by atoms with E-state index in [0.29, 0.717) is 24.5 Å². The Labute approximate surface area is 219 Å². The minimum absolute atomic E-state index is 0.0567. The number of hydrogen-bond donors (Lipinski definition) is 1. The normalized spacial score (nSPS) is 19.1. The van der Waals surface area contributed by atoms with E-state index in [4.69, 9.17) is 0 Å². The molecule has 5 rings (SSSR count). The van der Waals surface area contributed by atoms with Crippen LogP contribution in [0.1, 0.15) is 12.5 Å². The van der Waals surface area contributed by atoms with E-state index in [9.17, 15) is 13.2 Å². The first-order valence-electron chi connectivity index (χ1n) is 12.5. The van der Waals surface area contributed by atoms with Gasteiger partial charge in [-0.3, -0.25) is 4.79 Å². The molecule has 0 radical (unpaired) electrons. The van der Waals surface area contributed by atoms with Gasteiger partial charge in [0.05, 0.1) is 16.3 Å². The maximum absolute atomic E-state index is 13.0. The van der Waals surface area contributed by atoms with Crippen LogP contribution in [0.5, 0.6) is 0 Å². The van der Waals surface area contributed by atoms with Crippen molar-refractivity contribution in [3.63, 3.8) is 0 Å². The summed E-state index contributed by atoms with van der Waals surface area (Å²) < 4.78 is 27.6. The lowest BCUT2D eigenvalue weighted by Gasteiger charge is -2.40. The zero-order valence-electron chi connectivity index (χ0n) is 21.5. The van der Waals surface area contributed by atoms with Crippen molar-refractivity contribution >= 4 is 38.7 Å². The first-order valence-corrected chi connectivity index (χ1v) is 14.0. The van der Waals surface area contributed by atoms with Gasteiger partial charge in [0.1, 0.15) is 6.04 Å². The number of nitrogens with zero attached hydrogens (tertiary/aromatic N) is 4. The Bertz CT molecular complexity index is 1370. The lowest BCUT2D eigenvalue weighted by molar-refractivity contribution is -0.119. The van der Waals surface area contributed by atoms with Crippen molar-refractivity contribution in [2.24, 2.45) is 0 Å². The summed E-state index contributed by atoms with van der Waals surface area (Å²) in [6.07, 6.45) is 0. The van der Waals surface area contributed by atoms with E-state index in [1.54, 1.807) is 33.5 Å². The highest BCUT2D eigenvalue weighted by molar-refractivity contribution is 7.89. The van der Waals surface area contributed by atoms with Gasteiger partial charge >= 0.3 is 0 Å². The number of carbonyl (C=O) groups is 1. The van der Waals surface area contributed by atoms with Crippen LogP contribution in [0.2, 0.25) is 0 Å². The fraction of sp³-hybridized carbons (Fsp3) is 0.321. The van der Waals surface area contributed by atoms with Crippen LogP contribution >= 0.6 is 0 Å². The molecule has 2 aliphatic heterocycles. The van der Waals surface area contributed by atoms with Crippen LogP contribution < -0.4 is 15.1 Å². The summed E-state index contributed by atoms with van der Waals surface area (Å²) in [5, 5.41) is 3.40. The van der Waals surface area contributed by atoms with Crippen LogP contribution in [0.4, 0.5) is 22.7 Å². The van der Waals surface area contributed by atoms with E-state index in [1.165, 1.54) is 0 Å². The van der Waals surface area contributed by atoms with Gasteiger partial charge in [-0.25, -0.2) is 8.42 Å². The average molecular weight is 520 g/mol. The van der Waals surface area contributed by atoms with Crippen LogP contribution in [0.3, 0.4) is 0 Å². The number of hydrogen-bond acceptors (Lipinski definition) is 6. The Kier molecular flexibility index (Phi) is 6.94. The second-order valence-corrected chi connectivity index (χ2v) is 11.7. The maximum Gasteiger partial charge on any atom is 0.249 e. The van der Waals surface area contributed by atoms with E-state index in [2.05, 4.69) is 27.2 Å². The summed E-state index contributed by atoms with van der Waals surface area (Å²) in [5.74, 6) is 0.0567. The Balaban J connectivity index is 1.37. The molecular weight excluding hydrogens is 486 g/mol. The Morgan fingerprint density at radius 3 is 2.16 bits per heavy atom. The van der Waals surface area contributed by atoms with Crippen LogP contribution in [0, 0.1) is 0 Å². The van der Waals surface area contributed by atoms with Gasteiger partial charge in [-0.05, 0) is 62.0 Å². The van der Waals surface area contributed by atoms with E-state index in [-0.39, 0.29) is 11.9 Å². The fourth-order valence-corrected chi connectivity index (χ4v) is 6.33. The highest BCUT2D eigenvalue weighted by Gasteiger charge is 2.33. The second kappa shape index (κ2) is 10.2. The SMILES string of the molecule is CC1C(=O)N(C)c2ccc(Nc3ccc(S(=O)(=O)N4CCN(C)CC4)cc3)cc2N1Cc1ccccc1. The molecule has 3 aromatic carbocycles. The predicted octanol–water partition coefficient (Wildman–Crippen LogP) is 3.74. The molecule has 1 amide bonds. The number of carbonyl (C=O) groups excluding carboxylic acids is 1. The monoisotopic (exact) mass is 519 g/mol. The van der Waals surface area contributed by atoms with Crippen molar-refractivity contribution in [3.05, 3.63) is 78.4 Å². The Hall–Kier alpha value is -3.40. The highest BCUT2D eigenvalue weighted by Crippen LogP contribution is 2.39. The van der Waals surface area contributed by atoms with Gasteiger partial charge in [0, 0.05) is 51.1 Å². The summed E-state index contributed by atoms with van der Waals surface area (Å²) in [6.45, 7) is 5.03. The zero-order chi connectivity index (χ0) is 26.2. The molecular formula is C28H33N5O3S. The molecule has 1 N–H and O–H groups in total. The van der Waals surface area contributed by atoms with Gasteiger partial charge < -0.3 is 20.0 Å². The number of sulfonamides is 1. The van der Waals surface area contributed by atoms with Crippen LogP contribution in [-0.4, -0.2) is 69.8 Å². The van der Waals surface area contributed by atoms with Crippen molar-refractivity contribution in [1.29, 1.82) is 0 Å². The molecule has 2 heterocycles. The van der Waals surface area contributed by atoms with E-state index >= 15 is 0 Å². The molecule has 2 aliphatic rings. The first kappa shape index (κ1) is 25.3. The minimum Gasteiger partial charge on any atom is -0.355 e. The number of fused-ring (bicyclic) bond motifs is 1. The fourth-order valence-electron chi connectivity index (χ4n) is 4.91. The number of amides is 1. The summed E-state index contributed by atoms with van der Waals surface area (Å²) >= 11 is 0. The van der Waals surface area contributed by atoms with E-state index in [1.807, 2.05) is 57.4 Å². The van der Waals surface area contributed by atoms with Crippen LogP contribution in [0.25, 0.3) is 0 Å². The molecule has 8 nitrogen and oxygen atoms in total. The van der Waals surface area contributed by atoms with Crippen molar-refractivity contribution in [1.82, 2.24) is 9.21 Å². The van der Waals surface area contributed by atoms with Gasteiger partial charge in [-0.15, -0.1) is 0 Å². The molecule has 1 saturated heterocycles. The molecule has 0 saturated carbocycles. The molecule has 1 fully saturated rings. The Morgan fingerprint density at radius 2 is 1.49 bits per heavy atom. The highest BCUT2D eigenvalue weighted by atomic mass is 32.2. The molecule has 1 atom stereocenters. The molecule has 0 aromatic heterocycles. The Morgan fingerprint density at radius 1 is 0.838 bits per heavy atom. The third-order valence-corrected chi connectivity index (χ3v) is 9.15. The van der Waals surface area contributed by atoms with Crippen molar-refractivity contribution in [2.75, 3.05) is 55.4 Å². The first-order chi connectivity index (χ1) is 17.7. The van der Waals surface area contributed by atoms with Gasteiger partial charge in [-0.2, -0.15) is 4.31 Å². The molecule has 9 heteroatoms. The quantitative estimate of drug-likeness (QED) is 0.535. The largest absolute Gasteiger partial charge is 0.355 e. The molecule has 1 unspecified atom stereocenters. The number of anilines is 4. The molecule has 0 aliphatic carbocycles. The minimum atomic E-state index is -3.51. The zero-order valence-corrected chi connectivity index (χ0v) is 22.3. The van der Waals surface area contributed by atoms with Gasteiger partial charge in [0.2, 0.25) is 15.9 Å². The standard InChI is InChI=1S/C28H33N5O3S/c1-21-28(34)31(3)26-14-11-24(19-27(26)33(21)20-22-7-5-4-6-8-22)29-23-9-12-25(13-10-23)37(35,36)32-17-15-30(2)16-18-32/h4-14,19,21,29H,15-18,20H2,1-3H3. The number of nitrogens with one attached hydrogen (secondary N) is 1. The van der Waals surface area contributed by atoms with Crippen molar-refractivity contribution < 1.29 is 13.2 Å². The topological polar surface area (TPSA) is 76.2 Å². The number of piperazine rings is 1. The number of rotatable bonds is 6. The molecule has 0 spiro atoms. The van der Waals surface area contributed by atoms with E-state index < -0.39 is 10.0 Å². The van der Waals surface area contributed by atoms with Crippen molar-refractivity contribution in [2.45, 2.75) is 24.4 Å².